The van der Waals surface area contributed by atoms with Crippen LogP contribution < -0.4 is 5.32 Å². The van der Waals surface area contributed by atoms with Crippen molar-refractivity contribution in [1.29, 1.82) is 0 Å². The molecule has 0 spiro atoms. The lowest BCUT2D eigenvalue weighted by molar-refractivity contribution is -0.132. The highest BCUT2D eigenvalue weighted by Gasteiger charge is 2.14. The quantitative estimate of drug-likeness (QED) is 0.643. The molecule has 1 amide bonds. The summed E-state index contributed by atoms with van der Waals surface area (Å²) in [5, 5.41) is 30.8. The van der Waals surface area contributed by atoms with Crippen molar-refractivity contribution in [2.45, 2.75) is 0 Å². The zero-order chi connectivity index (χ0) is 17.0. The van der Waals surface area contributed by atoms with Crippen LogP contribution in [0.1, 0.15) is 15.9 Å². The van der Waals surface area contributed by atoms with Crippen molar-refractivity contribution in [2.75, 3.05) is 0 Å². The van der Waals surface area contributed by atoms with Crippen LogP contribution in [0.3, 0.4) is 0 Å². The second-order valence-electron chi connectivity index (χ2n) is 4.57. The van der Waals surface area contributed by atoms with Gasteiger partial charge in [-0.2, -0.15) is 0 Å². The zero-order valence-electron chi connectivity index (χ0n) is 11.7. The fourth-order valence-corrected chi connectivity index (χ4v) is 1.88. The average Bonchev–Trinajstić information content (AvgIpc) is 2.49. The van der Waals surface area contributed by atoms with Gasteiger partial charge in [0, 0.05) is 22.2 Å². The predicted molar refractivity (Wildman–Crippen MR) is 84.3 cm³/mol. The molecule has 0 aromatic heterocycles. The largest absolute Gasteiger partial charge is 0.508 e. The minimum absolute atomic E-state index is 0.136. The van der Waals surface area contributed by atoms with E-state index < -0.39 is 17.6 Å². The summed E-state index contributed by atoms with van der Waals surface area (Å²) in [5.74, 6) is -2.49. The highest BCUT2D eigenvalue weighted by atomic mass is 35.5. The SMILES string of the molecule is O=C(O)/C(=C\c1ccc(O)cc1O)NC(=O)c1ccc(Cl)cc1. The lowest BCUT2D eigenvalue weighted by atomic mass is 10.1. The first-order valence-corrected chi connectivity index (χ1v) is 6.78. The molecule has 0 bridgehead atoms. The van der Waals surface area contributed by atoms with Crippen molar-refractivity contribution in [3.05, 3.63) is 64.3 Å². The van der Waals surface area contributed by atoms with E-state index in [0.29, 0.717) is 5.02 Å². The number of aliphatic carboxylic acids is 1. The molecule has 118 valence electrons. The molecule has 7 heteroatoms. The molecule has 2 rings (SSSR count). The van der Waals surface area contributed by atoms with Gasteiger partial charge < -0.3 is 20.6 Å². The highest BCUT2D eigenvalue weighted by molar-refractivity contribution is 6.30. The summed E-state index contributed by atoms with van der Waals surface area (Å²) in [5.41, 5.74) is -0.0565. The van der Waals surface area contributed by atoms with Crippen LogP contribution in [-0.4, -0.2) is 27.2 Å². The van der Waals surface area contributed by atoms with E-state index >= 15 is 0 Å². The van der Waals surface area contributed by atoms with E-state index in [1.165, 1.54) is 36.4 Å². The number of amides is 1. The number of aromatic hydroxyl groups is 2. The van der Waals surface area contributed by atoms with Crippen LogP contribution in [0.25, 0.3) is 6.08 Å². The molecule has 6 nitrogen and oxygen atoms in total. The Morgan fingerprint density at radius 2 is 1.70 bits per heavy atom. The molecule has 0 saturated heterocycles. The molecule has 0 atom stereocenters. The fourth-order valence-electron chi connectivity index (χ4n) is 1.76. The van der Waals surface area contributed by atoms with E-state index in [4.69, 9.17) is 11.6 Å². The summed E-state index contributed by atoms with van der Waals surface area (Å²) in [7, 11) is 0. The monoisotopic (exact) mass is 333 g/mol. The van der Waals surface area contributed by atoms with Crippen molar-refractivity contribution in [3.8, 4) is 11.5 Å². The van der Waals surface area contributed by atoms with Gasteiger partial charge in [-0.15, -0.1) is 0 Å². The molecule has 0 saturated carbocycles. The first-order chi connectivity index (χ1) is 10.9. The second kappa shape index (κ2) is 6.85. The van der Waals surface area contributed by atoms with Crippen LogP contribution >= 0.6 is 11.6 Å². The highest BCUT2D eigenvalue weighted by Crippen LogP contribution is 2.24. The Morgan fingerprint density at radius 3 is 2.26 bits per heavy atom. The number of carboxylic acids is 1. The van der Waals surface area contributed by atoms with Gasteiger partial charge in [0.2, 0.25) is 0 Å². The molecule has 0 heterocycles. The number of nitrogens with one attached hydrogen (secondary N) is 1. The van der Waals surface area contributed by atoms with Crippen molar-refractivity contribution < 1.29 is 24.9 Å². The molecule has 0 aliphatic carbocycles. The van der Waals surface area contributed by atoms with Crippen molar-refractivity contribution >= 4 is 29.6 Å². The third kappa shape index (κ3) is 4.24. The van der Waals surface area contributed by atoms with Gasteiger partial charge >= 0.3 is 5.97 Å². The molecular formula is C16H12ClNO5. The van der Waals surface area contributed by atoms with Crippen LogP contribution in [0.2, 0.25) is 5.02 Å². The van der Waals surface area contributed by atoms with Crippen molar-refractivity contribution in [3.63, 3.8) is 0 Å². The smallest absolute Gasteiger partial charge is 0.352 e. The van der Waals surface area contributed by atoms with E-state index in [2.05, 4.69) is 5.32 Å². The first kappa shape index (κ1) is 16.4. The summed E-state index contributed by atoms with van der Waals surface area (Å²) in [6.07, 6.45) is 1.09. The maximum atomic E-state index is 12.0. The fraction of sp³-hybridized carbons (Fsp3) is 0. The lowest BCUT2D eigenvalue weighted by Gasteiger charge is -2.07. The van der Waals surface area contributed by atoms with Crippen LogP contribution in [0, 0.1) is 0 Å². The van der Waals surface area contributed by atoms with Crippen LogP contribution in [0.4, 0.5) is 0 Å². The van der Waals surface area contributed by atoms with Crippen LogP contribution in [-0.2, 0) is 4.79 Å². The number of phenolic OH excluding ortho intramolecular Hbond substituents is 2. The van der Waals surface area contributed by atoms with E-state index in [9.17, 15) is 24.9 Å². The molecule has 0 fully saturated rings. The standard InChI is InChI=1S/C16H12ClNO5/c17-11-4-1-9(2-5-11)15(21)18-13(16(22)23)7-10-3-6-12(19)8-14(10)20/h1-8,19-20H,(H,18,21)(H,22,23)/b13-7+. The third-order valence-corrected chi connectivity index (χ3v) is 3.15. The number of hydrogen-bond donors (Lipinski definition) is 4. The summed E-state index contributed by atoms with van der Waals surface area (Å²) in [6, 6.07) is 9.59. The Balaban J connectivity index is 2.28. The maximum absolute atomic E-state index is 12.0. The van der Waals surface area contributed by atoms with Crippen LogP contribution in [0.5, 0.6) is 11.5 Å². The molecule has 4 N–H and O–H groups in total. The van der Waals surface area contributed by atoms with Gasteiger partial charge in [0.15, 0.2) is 0 Å². The Labute approximate surface area is 136 Å². The molecule has 23 heavy (non-hydrogen) atoms. The lowest BCUT2D eigenvalue weighted by Crippen LogP contribution is -2.27. The number of rotatable bonds is 4. The molecular weight excluding hydrogens is 322 g/mol. The first-order valence-electron chi connectivity index (χ1n) is 6.40. The summed E-state index contributed by atoms with van der Waals surface area (Å²) in [6.45, 7) is 0. The van der Waals surface area contributed by atoms with Gasteiger partial charge in [0.25, 0.3) is 5.91 Å². The second-order valence-corrected chi connectivity index (χ2v) is 5.00. The molecule has 0 radical (unpaired) electrons. The molecule has 2 aromatic carbocycles. The third-order valence-electron chi connectivity index (χ3n) is 2.90. The number of carbonyl (C=O) groups is 2. The normalized spacial score (nSPS) is 11.1. The van der Waals surface area contributed by atoms with Gasteiger partial charge in [0.1, 0.15) is 17.2 Å². The van der Waals surface area contributed by atoms with Crippen LogP contribution in [0.15, 0.2) is 48.2 Å². The molecule has 0 aliphatic rings. The number of carboxylic acid groups (broad SMARTS) is 1. The number of carbonyl (C=O) groups excluding carboxylic acids is 1. The predicted octanol–water partition coefficient (Wildman–Crippen LogP) is 2.61. The van der Waals surface area contributed by atoms with E-state index in [-0.39, 0.29) is 22.6 Å². The topological polar surface area (TPSA) is 107 Å². The number of hydrogen-bond acceptors (Lipinski definition) is 4. The van der Waals surface area contributed by atoms with Crippen molar-refractivity contribution in [1.82, 2.24) is 5.32 Å². The van der Waals surface area contributed by atoms with E-state index in [1.807, 2.05) is 0 Å². The van der Waals surface area contributed by atoms with E-state index in [0.717, 1.165) is 12.1 Å². The molecule has 0 unspecified atom stereocenters. The van der Waals surface area contributed by atoms with Gasteiger partial charge in [-0.25, -0.2) is 4.79 Å². The number of halogens is 1. The molecule has 2 aromatic rings. The van der Waals surface area contributed by atoms with Gasteiger partial charge in [0.05, 0.1) is 0 Å². The van der Waals surface area contributed by atoms with Gasteiger partial charge in [-0.3, -0.25) is 4.79 Å². The van der Waals surface area contributed by atoms with Gasteiger partial charge in [-0.1, -0.05) is 11.6 Å². The minimum Gasteiger partial charge on any atom is -0.508 e. The molecule has 0 aliphatic heterocycles. The Morgan fingerprint density at radius 1 is 1.04 bits per heavy atom. The Hall–Kier alpha value is -2.99. The maximum Gasteiger partial charge on any atom is 0.352 e. The number of benzene rings is 2. The summed E-state index contributed by atoms with van der Waals surface area (Å²) in [4.78, 5) is 23.3. The Kier molecular flexibility index (Phi) is 4.88. The van der Waals surface area contributed by atoms with Crippen molar-refractivity contribution in [2.24, 2.45) is 0 Å². The zero-order valence-corrected chi connectivity index (χ0v) is 12.4. The number of phenols is 2. The van der Waals surface area contributed by atoms with Gasteiger partial charge in [-0.05, 0) is 42.5 Å². The Bertz CT molecular complexity index is 784. The minimum atomic E-state index is -1.38. The van der Waals surface area contributed by atoms with E-state index in [1.54, 1.807) is 0 Å². The summed E-state index contributed by atoms with van der Waals surface area (Å²) >= 11 is 5.72. The summed E-state index contributed by atoms with van der Waals surface area (Å²) < 4.78 is 0. The average molecular weight is 334 g/mol.